The first-order valence-corrected chi connectivity index (χ1v) is 13.9. The van der Waals surface area contributed by atoms with Crippen LogP contribution in [0.15, 0.2) is 0 Å². The molecule has 0 aliphatic rings. The van der Waals surface area contributed by atoms with Crippen LogP contribution in [-0.4, -0.2) is 25.2 Å². The molecule has 0 aliphatic heterocycles. The van der Waals surface area contributed by atoms with Gasteiger partial charge in [-0.1, -0.05) is 124 Å². The van der Waals surface area contributed by atoms with Crippen molar-refractivity contribution in [2.75, 3.05) is 13.2 Å². The summed E-state index contributed by atoms with van der Waals surface area (Å²) >= 11 is 0. The zero-order chi connectivity index (χ0) is 23.9. The first-order valence-electron chi connectivity index (χ1n) is 13.9. The van der Waals surface area contributed by atoms with Gasteiger partial charge in [-0.05, 0) is 25.7 Å². The standard InChI is InChI=1S/C28H54O4/c1-5-9-11-13-15-16-17-19-21-23-25-32-27(30)28(7-3,8-4)26(29)31-24-22-20-18-14-12-10-6-2/h5-25H2,1-4H3. The third-order valence-electron chi connectivity index (χ3n) is 6.70. The normalized spacial score (nSPS) is 11.5. The van der Waals surface area contributed by atoms with E-state index in [1.54, 1.807) is 0 Å². The third kappa shape index (κ3) is 14.2. The van der Waals surface area contributed by atoms with Gasteiger partial charge in [-0.25, -0.2) is 0 Å². The Labute approximate surface area is 199 Å². The monoisotopic (exact) mass is 454 g/mol. The lowest BCUT2D eigenvalue weighted by atomic mass is 9.82. The predicted octanol–water partition coefficient (Wildman–Crippen LogP) is 8.55. The van der Waals surface area contributed by atoms with E-state index in [1.165, 1.54) is 83.5 Å². The topological polar surface area (TPSA) is 52.6 Å². The van der Waals surface area contributed by atoms with Crippen LogP contribution in [0.4, 0.5) is 0 Å². The van der Waals surface area contributed by atoms with E-state index in [0.29, 0.717) is 26.1 Å². The van der Waals surface area contributed by atoms with Crippen LogP contribution in [0.3, 0.4) is 0 Å². The molecule has 0 amide bonds. The second kappa shape index (κ2) is 21.8. The lowest BCUT2D eigenvalue weighted by Crippen LogP contribution is -2.41. The molecule has 0 saturated carbocycles. The molecule has 0 aliphatic carbocycles. The van der Waals surface area contributed by atoms with Crippen LogP contribution >= 0.6 is 0 Å². The van der Waals surface area contributed by atoms with Crippen molar-refractivity contribution in [3.63, 3.8) is 0 Å². The van der Waals surface area contributed by atoms with E-state index >= 15 is 0 Å². The van der Waals surface area contributed by atoms with Crippen LogP contribution in [0.2, 0.25) is 0 Å². The number of ether oxygens (including phenoxy) is 2. The number of hydrogen-bond donors (Lipinski definition) is 0. The second-order valence-corrected chi connectivity index (χ2v) is 9.36. The van der Waals surface area contributed by atoms with Gasteiger partial charge in [0.2, 0.25) is 0 Å². The highest BCUT2D eigenvalue weighted by atomic mass is 16.6. The van der Waals surface area contributed by atoms with Crippen molar-refractivity contribution < 1.29 is 19.1 Å². The maximum atomic E-state index is 12.7. The Kier molecular flexibility index (Phi) is 21.0. The molecular formula is C28H54O4. The van der Waals surface area contributed by atoms with Crippen molar-refractivity contribution in [1.82, 2.24) is 0 Å². The number of carbonyl (C=O) groups is 2. The van der Waals surface area contributed by atoms with Gasteiger partial charge in [0.05, 0.1) is 13.2 Å². The third-order valence-corrected chi connectivity index (χ3v) is 6.70. The molecule has 0 heterocycles. The van der Waals surface area contributed by atoms with Crippen molar-refractivity contribution >= 4 is 11.9 Å². The van der Waals surface area contributed by atoms with Gasteiger partial charge >= 0.3 is 11.9 Å². The number of rotatable bonds is 23. The van der Waals surface area contributed by atoms with Gasteiger partial charge < -0.3 is 9.47 Å². The predicted molar refractivity (Wildman–Crippen MR) is 135 cm³/mol. The van der Waals surface area contributed by atoms with Gasteiger partial charge in [0.15, 0.2) is 5.41 Å². The largest absolute Gasteiger partial charge is 0.465 e. The molecule has 0 fully saturated rings. The molecule has 190 valence electrons. The second-order valence-electron chi connectivity index (χ2n) is 9.36. The molecule has 0 bridgehead atoms. The maximum absolute atomic E-state index is 12.7. The fourth-order valence-corrected chi connectivity index (χ4v) is 4.17. The van der Waals surface area contributed by atoms with Crippen LogP contribution < -0.4 is 0 Å². The minimum absolute atomic E-state index is 0.400. The van der Waals surface area contributed by atoms with E-state index in [2.05, 4.69) is 13.8 Å². The molecule has 4 heteroatoms. The van der Waals surface area contributed by atoms with Crippen LogP contribution in [0.1, 0.15) is 150 Å². The summed E-state index contributed by atoms with van der Waals surface area (Å²) in [6.45, 7) is 9.02. The molecule has 4 nitrogen and oxygen atoms in total. The lowest BCUT2D eigenvalue weighted by molar-refractivity contribution is -0.173. The molecule has 0 aromatic heterocycles. The summed E-state index contributed by atoms with van der Waals surface area (Å²) in [5, 5.41) is 0. The quantitative estimate of drug-likeness (QED) is 0.0881. The number of hydrogen-bond acceptors (Lipinski definition) is 4. The van der Waals surface area contributed by atoms with Crippen molar-refractivity contribution in [1.29, 1.82) is 0 Å². The van der Waals surface area contributed by atoms with E-state index in [4.69, 9.17) is 9.47 Å². The van der Waals surface area contributed by atoms with Crippen LogP contribution in [0.5, 0.6) is 0 Å². The van der Waals surface area contributed by atoms with Gasteiger partial charge in [-0.3, -0.25) is 9.59 Å². The molecule has 0 N–H and O–H groups in total. The highest BCUT2D eigenvalue weighted by Crippen LogP contribution is 2.30. The molecule has 0 unspecified atom stereocenters. The van der Waals surface area contributed by atoms with Gasteiger partial charge in [0.1, 0.15) is 0 Å². The molecule has 0 atom stereocenters. The van der Waals surface area contributed by atoms with Gasteiger partial charge in [-0.15, -0.1) is 0 Å². The van der Waals surface area contributed by atoms with Crippen molar-refractivity contribution in [2.45, 2.75) is 150 Å². The average molecular weight is 455 g/mol. The minimum atomic E-state index is -1.14. The summed E-state index contributed by atoms with van der Waals surface area (Å²) < 4.78 is 11.0. The fraction of sp³-hybridized carbons (Fsp3) is 0.929. The summed E-state index contributed by atoms with van der Waals surface area (Å²) in [5.41, 5.74) is -1.14. The van der Waals surface area contributed by atoms with E-state index < -0.39 is 17.4 Å². The number of carbonyl (C=O) groups excluding carboxylic acids is 2. The van der Waals surface area contributed by atoms with Crippen LogP contribution in [-0.2, 0) is 19.1 Å². The SMILES string of the molecule is CCCCCCCCCCCCOC(=O)C(CC)(CC)C(=O)OCCCCCCCCC. The Balaban J connectivity index is 4.02. The Morgan fingerprint density at radius 1 is 0.469 bits per heavy atom. The van der Waals surface area contributed by atoms with E-state index in [0.717, 1.165) is 25.7 Å². The van der Waals surface area contributed by atoms with E-state index in [9.17, 15) is 9.59 Å². The molecule has 0 aromatic carbocycles. The zero-order valence-corrected chi connectivity index (χ0v) is 22.0. The molecule has 0 spiro atoms. The first kappa shape index (κ1) is 30.9. The minimum Gasteiger partial charge on any atom is -0.465 e. The maximum Gasteiger partial charge on any atom is 0.323 e. The summed E-state index contributed by atoms with van der Waals surface area (Å²) in [6, 6.07) is 0. The van der Waals surface area contributed by atoms with Crippen molar-refractivity contribution in [2.24, 2.45) is 5.41 Å². The first-order chi connectivity index (χ1) is 15.6. The van der Waals surface area contributed by atoms with Crippen LogP contribution in [0, 0.1) is 5.41 Å². The summed E-state index contributed by atoms with van der Waals surface area (Å²) in [6.07, 6.45) is 21.5. The Morgan fingerprint density at radius 2 is 0.750 bits per heavy atom. The Hall–Kier alpha value is -1.06. The Morgan fingerprint density at radius 3 is 1.03 bits per heavy atom. The molecule has 0 saturated heterocycles. The molecule has 0 rings (SSSR count). The van der Waals surface area contributed by atoms with Gasteiger partial charge in [-0.2, -0.15) is 0 Å². The molecule has 0 radical (unpaired) electrons. The van der Waals surface area contributed by atoms with Crippen LogP contribution in [0.25, 0.3) is 0 Å². The molecule has 0 aromatic rings. The smallest absolute Gasteiger partial charge is 0.323 e. The average Bonchev–Trinajstić information content (AvgIpc) is 2.80. The molecular weight excluding hydrogens is 400 g/mol. The number of unbranched alkanes of at least 4 members (excludes halogenated alkanes) is 15. The van der Waals surface area contributed by atoms with E-state index in [1.807, 2.05) is 13.8 Å². The van der Waals surface area contributed by atoms with Crippen molar-refractivity contribution in [3.05, 3.63) is 0 Å². The summed E-state index contributed by atoms with van der Waals surface area (Å²) in [4.78, 5) is 25.5. The highest BCUT2D eigenvalue weighted by Gasteiger charge is 2.45. The molecule has 32 heavy (non-hydrogen) atoms. The van der Waals surface area contributed by atoms with Gasteiger partial charge in [0, 0.05) is 0 Å². The van der Waals surface area contributed by atoms with Gasteiger partial charge in [0.25, 0.3) is 0 Å². The van der Waals surface area contributed by atoms with E-state index in [-0.39, 0.29) is 0 Å². The zero-order valence-electron chi connectivity index (χ0n) is 22.0. The summed E-state index contributed by atoms with van der Waals surface area (Å²) in [7, 11) is 0. The summed E-state index contributed by atoms with van der Waals surface area (Å²) in [5.74, 6) is -0.801. The number of esters is 2. The highest BCUT2D eigenvalue weighted by molar-refractivity contribution is 5.99. The van der Waals surface area contributed by atoms with Crippen molar-refractivity contribution in [3.8, 4) is 0 Å². The fourth-order valence-electron chi connectivity index (χ4n) is 4.17. The lowest BCUT2D eigenvalue weighted by Gasteiger charge is -2.27. The Bertz CT molecular complexity index is 443.